The molecular weight excluding hydrogens is 266 g/mol. The molecule has 0 aromatic rings. The van der Waals surface area contributed by atoms with Crippen LogP contribution in [0.5, 0.6) is 0 Å². The lowest BCUT2D eigenvalue weighted by Gasteiger charge is -2.38. The summed E-state index contributed by atoms with van der Waals surface area (Å²) in [6.45, 7) is 7.89. The van der Waals surface area contributed by atoms with Crippen molar-refractivity contribution in [1.82, 2.24) is 14.7 Å². The number of likely N-dealkylation sites (N-methyl/N-ethyl adjacent to an activating group) is 1. The molecule has 1 atom stereocenters. The molecule has 0 aromatic heterocycles. The zero-order valence-corrected chi connectivity index (χ0v) is 13.7. The molecule has 0 spiro atoms. The fourth-order valence-corrected chi connectivity index (χ4v) is 3.79. The normalized spacial score (nSPS) is 28.2. The molecule has 1 amide bonds. The van der Waals surface area contributed by atoms with E-state index in [9.17, 15) is 9.90 Å². The van der Waals surface area contributed by atoms with E-state index in [1.54, 1.807) is 0 Å². The lowest BCUT2D eigenvalue weighted by molar-refractivity contribution is -0.133. The molecule has 0 saturated carbocycles. The summed E-state index contributed by atoms with van der Waals surface area (Å²) in [4.78, 5) is 19.0. The Morgan fingerprint density at radius 3 is 2.52 bits per heavy atom. The molecule has 2 rings (SSSR count). The van der Waals surface area contributed by atoms with Crippen LogP contribution in [0.4, 0.5) is 0 Å². The number of aliphatic hydroxyl groups is 1. The van der Waals surface area contributed by atoms with Gasteiger partial charge in [-0.25, -0.2) is 0 Å². The molecule has 21 heavy (non-hydrogen) atoms. The molecule has 122 valence electrons. The van der Waals surface area contributed by atoms with Gasteiger partial charge in [-0.1, -0.05) is 13.3 Å². The second-order valence-corrected chi connectivity index (χ2v) is 6.66. The van der Waals surface area contributed by atoms with Gasteiger partial charge in [-0.3, -0.25) is 9.69 Å². The van der Waals surface area contributed by atoms with E-state index in [-0.39, 0.29) is 18.1 Å². The SMILES string of the molecule is CCCC1(CO)CCCN1CCC(=O)N1CCN(C)CC1. The number of amides is 1. The molecule has 2 aliphatic heterocycles. The third-order valence-electron chi connectivity index (χ3n) is 5.20. The number of carbonyl (C=O) groups is 1. The van der Waals surface area contributed by atoms with Crippen molar-refractivity contribution in [3.8, 4) is 0 Å². The quantitative estimate of drug-likeness (QED) is 0.787. The summed E-state index contributed by atoms with van der Waals surface area (Å²) in [5.74, 6) is 0.276. The fraction of sp³-hybridized carbons (Fsp3) is 0.938. The van der Waals surface area contributed by atoms with Crippen molar-refractivity contribution >= 4 is 5.91 Å². The number of rotatable bonds is 6. The summed E-state index contributed by atoms with van der Waals surface area (Å²) in [6, 6.07) is 0. The molecule has 1 unspecified atom stereocenters. The standard InChI is InChI=1S/C16H31N3O2/c1-3-6-16(14-20)7-4-8-19(16)9-5-15(21)18-12-10-17(2)11-13-18/h20H,3-14H2,1-2H3. The van der Waals surface area contributed by atoms with Crippen molar-refractivity contribution in [1.29, 1.82) is 0 Å². The van der Waals surface area contributed by atoms with Crippen LogP contribution >= 0.6 is 0 Å². The van der Waals surface area contributed by atoms with Crippen LogP contribution in [0.1, 0.15) is 39.0 Å². The smallest absolute Gasteiger partial charge is 0.223 e. The molecular formula is C16H31N3O2. The van der Waals surface area contributed by atoms with Crippen molar-refractivity contribution in [2.24, 2.45) is 0 Å². The van der Waals surface area contributed by atoms with Gasteiger partial charge in [-0.2, -0.15) is 0 Å². The number of hydrogen-bond donors (Lipinski definition) is 1. The Hall–Kier alpha value is -0.650. The highest BCUT2D eigenvalue weighted by molar-refractivity contribution is 5.76. The van der Waals surface area contributed by atoms with Gasteiger partial charge >= 0.3 is 0 Å². The Bertz CT molecular complexity index is 342. The first-order valence-electron chi connectivity index (χ1n) is 8.43. The van der Waals surface area contributed by atoms with Crippen LogP contribution < -0.4 is 0 Å². The van der Waals surface area contributed by atoms with Crippen LogP contribution in [-0.4, -0.2) is 84.2 Å². The van der Waals surface area contributed by atoms with Crippen LogP contribution in [0.15, 0.2) is 0 Å². The number of aliphatic hydroxyl groups excluding tert-OH is 1. The largest absolute Gasteiger partial charge is 0.394 e. The van der Waals surface area contributed by atoms with Crippen molar-refractivity contribution in [2.75, 3.05) is 52.9 Å². The molecule has 2 aliphatic rings. The summed E-state index contributed by atoms with van der Waals surface area (Å²) < 4.78 is 0. The molecule has 5 nitrogen and oxygen atoms in total. The van der Waals surface area contributed by atoms with Gasteiger partial charge in [-0.05, 0) is 32.9 Å². The van der Waals surface area contributed by atoms with E-state index in [4.69, 9.17) is 0 Å². The van der Waals surface area contributed by atoms with Crippen molar-refractivity contribution in [3.05, 3.63) is 0 Å². The molecule has 0 radical (unpaired) electrons. The van der Waals surface area contributed by atoms with E-state index >= 15 is 0 Å². The minimum absolute atomic E-state index is 0.0584. The number of piperazine rings is 1. The van der Waals surface area contributed by atoms with E-state index < -0.39 is 0 Å². The zero-order chi connectivity index (χ0) is 15.3. The van der Waals surface area contributed by atoms with Crippen molar-refractivity contribution in [2.45, 2.75) is 44.6 Å². The minimum Gasteiger partial charge on any atom is -0.394 e. The van der Waals surface area contributed by atoms with Gasteiger partial charge < -0.3 is 14.9 Å². The van der Waals surface area contributed by atoms with E-state index in [1.165, 1.54) is 0 Å². The van der Waals surface area contributed by atoms with Crippen molar-refractivity contribution in [3.63, 3.8) is 0 Å². The second-order valence-electron chi connectivity index (χ2n) is 6.66. The average Bonchev–Trinajstić information content (AvgIpc) is 2.89. The summed E-state index contributed by atoms with van der Waals surface area (Å²) >= 11 is 0. The Morgan fingerprint density at radius 1 is 1.19 bits per heavy atom. The van der Waals surface area contributed by atoms with Crippen LogP contribution in [-0.2, 0) is 4.79 Å². The van der Waals surface area contributed by atoms with Crippen LogP contribution in [0.3, 0.4) is 0 Å². The molecule has 1 N–H and O–H groups in total. The van der Waals surface area contributed by atoms with E-state index in [0.717, 1.165) is 65.0 Å². The van der Waals surface area contributed by atoms with Crippen LogP contribution in [0.25, 0.3) is 0 Å². The number of likely N-dealkylation sites (tertiary alicyclic amines) is 1. The average molecular weight is 297 g/mol. The highest BCUT2D eigenvalue weighted by Crippen LogP contribution is 2.33. The van der Waals surface area contributed by atoms with Crippen LogP contribution in [0, 0.1) is 0 Å². The lowest BCUT2D eigenvalue weighted by Crippen LogP contribution is -2.50. The topological polar surface area (TPSA) is 47.0 Å². The maximum Gasteiger partial charge on any atom is 0.223 e. The Balaban J connectivity index is 1.82. The van der Waals surface area contributed by atoms with Gasteiger partial charge in [0.05, 0.1) is 6.61 Å². The third-order valence-corrected chi connectivity index (χ3v) is 5.20. The van der Waals surface area contributed by atoms with E-state index in [2.05, 4.69) is 23.8 Å². The Kier molecular flexibility index (Phi) is 6.02. The van der Waals surface area contributed by atoms with Gasteiger partial charge in [0, 0.05) is 44.7 Å². The predicted molar refractivity (Wildman–Crippen MR) is 84.2 cm³/mol. The number of carbonyl (C=O) groups excluding carboxylic acids is 1. The highest BCUT2D eigenvalue weighted by atomic mass is 16.3. The van der Waals surface area contributed by atoms with E-state index in [1.807, 2.05) is 4.90 Å². The van der Waals surface area contributed by atoms with Gasteiger partial charge in [0.1, 0.15) is 0 Å². The van der Waals surface area contributed by atoms with Gasteiger partial charge in [0.25, 0.3) is 0 Å². The first-order valence-corrected chi connectivity index (χ1v) is 8.43. The predicted octanol–water partition coefficient (Wildman–Crippen LogP) is 0.778. The highest BCUT2D eigenvalue weighted by Gasteiger charge is 2.39. The number of hydrogen-bond acceptors (Lipinski definition) is 4. The third kappa shape index (κ3) is 3.96. The first kappa shape index (κ1) is 16.7. The van der Waals surface area contributed by atoms with Crippen molar-refractivity contribution < 1.29 is 9.90 Å². The fourth-order valence-electron chi connectivity index (χ4n) is 3.79. The minimum atomic E-state index is -0.0584. The maximum absolute atomic E-state index is 12.3. The monoisotopic (exact) mass is 297 g/mol. The van der Waals surface area contributed by atoms with Gasteiger partial charge in [-0.15, -0.1) is 0 Å². The molecule has 2 saturated heterocycles. The van der Waals surface area contributed by atoms with Gasteiger partial charge in [0.2, 0.25) is 5.91 Å². The lowest BCUT2D eigenvalue weighted by atomic mass is 9.91. The van der Waals surface area contributed by atoms with Gasteiger partial charge in [0.15, 0.2) is 0 Å². The zero-order valence-electron chi connectivity index (χ0n) is 13.7. The molecule has 0 aromatic carbocycles. The van der Waals surface area contributed by atoms with E-state index in [0.29, 0.717) is 6.42 Å². The molecule has 2 fully saturated rings. The van der Waals surface area contributed by atoms with Crippen LogP contribution in [0.2, 0.25) is 0 Å². The summed E-state index contributed by atoms with van der Waals surface area (Å²) in [5, 5.41) is 9.82. The summed E-state index contributed by atoms with van der Waals surface area (Å²) in [7, 11) is 2.10. The summed E-state index contributed by atoms with van der Waals surface area (Å²) in [6.07, 6.45) is 4.92. The molecule has 5 heteroatoms. The molecule has 0 aliphatic carbocycles. The summed E-state index contributed by atoms with van der Waals surface area (Å²) in [5.41, 5.74) is -0.0584. The Labute approximate surface area is 128 Å². The maximum atomic E-state index is 12.3. The first-order chi connectivity index (χ1) is 10.1. The molecule has 0 bridgehead atoms. The molecule has 2 heterocycles. The Morgan fingerprint density at radius 2 is 1.90 bits per heavy atom. The second kappa shape index (κ2) is 7.56. The number of nitrogens with zero attached hydrogens (tertiary/aromatic N) is 3.